The van der Waals surface area contributed by atoms with Crippen molar-refractivity contribution in [2.24, 2.45) is 0 Å². The minimum atomic E-state index is -0.450. The highest BCUT2D eigenvalue weighted by Gasteiger charge is 2.33. The SMILES string of the molecule is Cc1ccc(CNC(=O)Cn2cc(COc3ccc(C4Nc5ccccc5C(=O)N4Nc4ccccc4)cc3)nn2)cc1. The number of hydrogen-bond donors (Lipinski definition) is 3. The number of aryl methyl sites for hydroxylation is 1. The highest BCUT2D eigenvalue weighted by Crippen LogP contribution is 2.34. The fraction of sp³-hybridized carbons (Fsp3) is 0.152. The number of hydrogen-bond acceptors (Lipinski definition) is 7. The molecule has 0 bridgehead atoms. The summed E-state index contributed by atoms with van der Waals surface area (Å²) in [6.45, 7) is 2.74. The van der Waals surface area contributed by atoms with Gasteiger partial charge in [0, 0.05) is 12.2 Å². The molecule has 0 radical (unpaired) electrons. The van der Waals surface area contributed by atoms with E-state index in [1.165, 1.54) is 10.2 Å². The summed E-state index contributed by atoms with van der Waals surface area (Å²) in [5, 5.41) is 16.2. The van der Waals surface area contributed by atoms with Gasteiger partial charge in [-0.3, -0.25) is 15.0 Å². The van der Waals surface area contributed by atoms with Crippen molar-refractivity contribution >= 4 is 23.2 Å². The van der Waals surface area contributed by atoms with Crippen molar-refractivity contribution in [3.8, 4) is 5.75 Å². The van der Waals surface area contributed by atoms with Gasteiger partial charge in [0.25, 0.3) is 5.91 Å². The number of ether oxygens (including phenoxy) is 1. The van der Waals surface area contributed by atoms with Gasteiger partial charge >= 0.3 is 0 Å². The van der Waals surface area contributed by atoms with Crippen LogP contribution in [0.5, 0.6) is 5.75 Å². The summed E-state index contributed by atoms with van der Waals surface area (Å²) < 4.78 is 7.42. The summed E-state index contributed by atoms with van der Waals surface area (Å²) in [5.41, 5.74) is 9.12. The first kappa shape index (κ1) is 27.5. The number of anilines is 2. The van der Waals surface area contributed by atoms with E-state index in [1.54, 1.807) is 11.2 Å². The number of rotatable bonds is 10. The number of nitrogens with zero attached hydrogens (tertiary/aromatic N) is 4. The molecule has 0 saturated carbocycles. The number of carbonyl (C=O) groups excluding carboxylic acids is 2. The Bertz CT molecular complexity index is 1700. The van der Waals surface area contributed by atoms with Crippen LogP contribution in [0.25, 0.3) is 0 Å². The second-order valence-electron chi connectivity index (χ2n) is 10.3. The molecule has 6 rings (SSSR count). The Morgan fingerprint density at radius 1 is 0.930 bits per heavy atom. The summed E-state index contributed by atoms with van der Waals surface area (Å²) >= 11 is 0. The maximum absolute atomic E-state index is 13.5. The van der Waals surface area contributed by atoms with Gasteiger partial charge in [0.15, 0.2) is 0 Å². The summed E-state index contributed by atoms with van der Waals surface area (Å²) in [7, 11) is 0. The molecule has 43 heavy (non-hydrogen) atoms. The predicted molar refractivity (Wildman–Crippen MR) is 163 cm³/mol. The first-order valence-corrected chi connectivity index (χ1v) is 14.0. The van der Waals surface area contributed by atoms with E-state index in [9.17, 15) is 9.59 Å². The van der Waals surface area contributed by atoms with Gasteiger partial charge in [-0.25, -0.2) is 9.69 Å². The minimum Gasteiger partial charge on any atom is -0.487 e. The topological polar surface area (TPSA) is 113 Å². The lowest BCUT2D eigenvalue weighted by Gasteiger charge is -2.38. The van der Waals surface area contributed by atoms with Gasteiger partial charge in [0.2, 0.25) is 5.91 Å². The lowest BCUT2D eigenvalue weighted by Crippen LogP contribution is -2.46. The predicted octanol–water partition coefficient (Wildman–Crippen LogP) is 5.08. The molecular weight excluding hydrogens is 542 g/mol. The zero-order chi connectivity index (χ0) is 29.6. The fourth-order valence-corrected chi connectivity index (χ4v) is 4.75. The number of para-hydroxylation sites is 2. The monoisotopic (exact) mass is 573 g/mol. The molecule has 2 heterocycles. The molecule has 1 unspecified atom stereocenters. The van der Waals surface area contributed by atoms with E-state index in [1.807, 2.05) is 110 Å². The Labute approximate surface area is 249 Å². The van der Waals surface area contributed by atoms with Gasteiger partial charge < -0.3 is 15.4 Å². The van der Waals surface area contributed by atoms with Crippen LogP contribution in [0.4, 0.5) is 11.4 Å². The van der Waals surface area contributed by atoms with Crippen LogP contribution in [0.3, 0.4) is 0 Å². The molecule has 1 atom stereocenters. The van der Waals surface area contributed by atoms with Gasteiger partial charge in [-0.2, -0.15) is 0 Å². The maximum Gasteiger partial charge on any atom is 0.276 e. The highest BCUT2D eigenvalue weighted by molar-refractivity contribution is 6.02. The molecule has 1 aliphatic heterocycles. The molecule has 3 N–H and O–H groups in total. The van der Waals surface area contributed by atoms with E-state index in [4.69, 9.17) is 4.74 Å². The molecule has 10 heteroatoms. The van der Waals surface area contributed by atoms with E-state index in [-0.39, 0.29) is 25.0 Å². The average molecular weight is 574 g/mol. The summed E-state index contributed by atoms with van der Waals surface area (Å²) in [6, 6.07) is 32.6. The zero-order valence-corrected chi connectivity index (χ0v) is 23.6. The summed E-state index contributed by atoms with van der Waals surface area (Å²) in [4.78, 5) is 25.8. The van der Waals surface area contributed by atoms with Gasteiger partial charge in [0.05, 0.1) is 17.4 Å². The van der Waals surface area contributed by atoms with Gasteiger partial charge in [-0.05, 0) is 54.4 Å². The molecule has 1 aromatic heterocycles. The molecule has 216 valence electrons. The van der Waals surface area contributed by atoms with Crippen LogP contribution in [-0.4, -0.2) is 31.8 Å². The first-order chi connectivity index (χ1) is 21.0. The van der Waals surface area contributed by atoms with Crippen molar-refractivity contribution in [1.29, 1.82) is 0 Å². The molecular formula is C33H31N7O3. The fourth-order valence-electron chi connectivity index (χ4n) is 4.75. The van der Waals surface area contributed by atoms with Gasteiger partial charge in [0.1, 0.15) is 30.8 Å². The second kappa shape index (κ2) is 12.5. The van der Waals surface area contributed by atoms with Crippen LogP contribution < -0.4 is 20.8 Å². The average Bonchev–Trinajstić information content (AvgIpc) is 3.49. The van der Waals surface area contributed by atoms with E-state index in [2.05, 4.69) is 26.4 Å². The van der Waals surface area contributed by atoms with Crippen LogP contribution in [0, 0.1) is 6.92 Å². The molecule has 2 amide bonds. The quantitative estimate of drug-likeness (QED) is 0.214. The zero-order valence-electron chi connectivity index (χ0n) is 23.6. The van der Waals surface area contributed by atoms with Crippen LogP contribution in [0.15, 0.2) is 109 Å². The van der Waals surface area contributed by atoms with Crippen molar-refractivity contribution in [2.45, 2.75) is 32.8 Å². The number of carbonyl (C=O) groups is 2. The lowest BCUT2D eigenvalue weighted by molar-refractivity contribution is -0.122. The Morgan fingerprint density at radius 3 is 2.47 bits per heavy atom. The van der Waals surface area contributed by atoms with Crippen LogP contribution in [0.1, 0.15) is 38.9 Å². The van der Waals surface area contributed by atoms with Gasteiger partial charge in [-0.15, -0.1) is 5.10 Å². The molecule has 10 nitrogen and oxygen atoms in total. The van der Waals surface area contributed by atoms with Gasteiger partial charge in [-0.1, -0.05) is 77.5 Å². The van der Waals surface area contributed by atoms with Crippen LogP contribution >= 0.6 is 0 Å². The largest absolute Gasteiger partial charge is 0.487 e. The number of fused-ring (bicyclic) bond motifs is 1. The molecule has 1 aliphatic rings. The van der Waals surface area contributed by atoms with Crippen molar-refractivity contribution in [3.05, 3.63) is 137 Å². The van der Waals surface area contributed by atoms with Crippen molar-refractivity contribution in [2.75, 3.05) is 10.7 Å². The van der Waals surface area contributed by atoms with E-state index >= 15 is 0 Å². The van der Waals surface area contributed by atoms with E-state index in [0.29, 0.717) is 23.6 Å². The molecule has 5 aromatic rings. The normalized spacial score (nSPS) is 14.0. The van der Waals surface area contributed by atoms with Crippen molar-refractivity contribution < 1.29 is 14.3 Å². The molecule has 0 saturated heterocycles. The maximum atomic E-state index is 13.5. The van der Waals surface area contributed by atoms with Crippen LogP contribution in [-0.2, 0) is 24.5 Å². The number of benzene rings is 4. The third-order valence-electron chi connectivity index (χ3n) is 7.03. The Morgan fingerprint density at radius 2 is 1.67 bits per heavy atom. The Kier molecular flexibility index (Phi) is 7.99. The van der Waals surface area contributed by atoms with Crippen molar-refractivity contribution in [1.82, 2.24) is 25.3 Å². The van der Waals surface area contributed by atoms with E-state index < -0.39 is 6.17 Å². The standard InChI is InChI=1S/C33H31N7O3/c1-23-11-13-24(14-12-23)19-34-31(41)21-39-20-27(36-38-39)22-43-28-17-15-25(16-18-28)32-35-30-10-6-5-9-29(30)33(42)40(32)37-26-7-3-2-4-8-26/h2-18,20,32,35,37H,19,21-22H2,1H3,(H,34,41). The van der Waals surface area contributed by atoms with E-state index in [0.717, 1.165) is 22.5 Å². The minimum absolute atomic E-state index is 0.0668. The summed E-state index contributed by atoms with van der Waals surface area (Å²) in [6.07, 6.45) is 1.25. The number of hydrazine groups is 1. The third-order valence-corrected chi connectivity index (χ3v) is 7.03. The molecule has 0 aliphatic carbocycles. The van der Waals surface area contributed by atoms with Crippen LogP contribution in [0.2, 0.25) is 0 Å². The Balaban J connectivity index is 1.07. The number of nitrogens with one attached hydrogen (secondary N) is 3. The molecule has 0 fully saturated rings. The highest BCUT2D eigenvalue weighted by atomic mass is 16.5. The smallest absolute Gasteiger partial charge is 0.276 e. The Hall–Kier alpha value is -5.64. The second-order valence-corrected chi connectivity index (χ2v) is 10.3. The molecule has 0 spiro atoms. The first-order valence-electron chi connectivity index (χ1n) is 14.0. The number of amides is 2. The lowest BCUT2D eigenvalue weighted by atomic mass is 10.0. The number of aromatic nitrogens is 3. The van der Waals surface area contributed by atoms with Crippen molar-refractivity contribution in [3.63, 3.8) is 0 Å². The third kappa shape index (κ3) is 6.65. The molecule has 4 aromatic carbocycles. The summed E-state index contributed by atoms with van der Waals surface area (Å²) in [5.74, 6) is 0.358.